The summed E-state index contributed by atoms with van der Waals surface area (Å²) in [5.74, 6) is 0.534. The predicted octanol–water partition coefficient (Wildman–Crippen LogP) is 4.34. The molecule has 0 unspecified atom stereocenters. The lowest BCUT2D eigenvalue weighted by molar-refractivity contribution is -0.384. The smallest absolute Gasteiger partial charge is 0.271 e. The van der Waals surface area contributed by atoms with E-state index in [9.17, 15) is 10.1 Å². The summed E-state index contributed by atoms with van der Waals surface area (Å²) in [6, 6.07) is 7.18. The molecule has 0 aliphatic carbocycles. The third kappa shape index (κ3) is 3.29. The zero-order valence-electron chi connectivity index (χ0n) is 12.9. The maximum Gasteiger partial charge on any atom is 0.271 e. The third-order valence-electron chi connectivity index (χ3n) is 4.44. The number of benzene rings is 1. The van der Waals surface area contributed by atoms with Crippen LogP contribution in [0.4, 0.5) is 11.4 Å². The second kappa shape index (κ2) is 6.54. The molecule has 120 valence electrons. The Labute approximate surface area is 140 Å². The zero-order chi connectivity index (χ0) is 16.4. The zero-order valence-corrected chi connectivity index (χ0v) is 13.7. The number of pyridine rings is 1. The predicted molar refractivity (Wildman–Crippen MR) is 91.3 cm³/mol. The summed E-state index contributed by atoms with van der Waals surface area (Å²) in [5, 5.41) is 11.4. The Kier molecular flexibility index (Phi) is 4.48. The van der Waals surface area contributed by atoms with E-state index in [1.54, 1.807) is 6.07 Å². The number of halogens is 1. The van der Waals surface area contributed by atoms with Crippen LogP contribution in [-0.2, 0) is 0 Å². The Balaban J connectivity index is 1.76. The van der Waals surface area contributed by atoms with Crippen molar-refractivity contribution in [3.8, 4) is 0 Å². The lowest BCUT2D eigenvalue weighted by atomic mass is 9.89. The number of nitro groups is 1. The van der Waals surface area contributed by atoms with Gasteiger partial charge in [0, 0.05) is 37.6 Å². The van der Waals surface area contributed by atoms with Gasteiger partial charge >= 0.3 is 0 Å². The van der Waals surface area contributed by atoms with Gasteiger partial charge in [-0.15, -0.1) is 0 Å². The van der Waals surface area contributed by atoms with Crippen LogP contribution < -0.4 is 4.90 Å². The topological polar surface area (TPSA) is 59.3 Å². The van der Waals surface area contributed by atoms with Crippen molar-refractivity contribution in [2.75, 3.05) is 18.0 Å². The van der Waals surface area contributed by atoms with Gasteiger partial charge in [-0.05, 0) is 48.9 Å². The molecule has 0 amide bonds. The number of aromatic nitrogens is 1. The molecule has 0 saturated carbocycles. The van der Waals surface area contributed by atoms with E-state index in [-0.39, 0.29) is 5.69 Å². The lowest BCUT2D eigenvalue weighted by Gasteiger charge is -2.35. The van der Waals surface area contributed by atoms with Gasteiger partial charge in [-0.25, -0.2) is 0 Å². The van der Waals surface area contributed by atoms with Crippen LogP contribution in [0.1, 0.15) is 29.9 Å². The molecule has 1 aromatic heterocycles. The SMILES string of the molecule is Cc1cc([N+](=O)[O-])cc(Cl)c1N1CCC(c2ccncc2)CC1. The highest BCUT2D eigenvalue weighted by atomic mass is 35.5. The molecule has 1 saturated heterocycles. The van der Waals surface area contributed by atoms with Crippen molar-refractivity contribution in [2.45, 2.75) is 25.7 Å². The molecule has 0 bridgehead atoms. The number of nitro benzene ring substituents is 1. The quantitative estimate of drug-likeness (QED) is 0.620. The maximum absolute atomic E-state index is 10.9. The number of rotatable bonds is 3. The molecule has 2 aromatic rings. The second-order valence-corrected chi connectivity index (χ2v) is 6.30. The van der Waals surface area contributed by atoms with Gasteiger partial charge in [0.25, 0.3) is 5.69 Å². The van der Waals surface area contributed by atoms with Gasteiger partial charge in [0.05, 0.1) is 15.6 Å². The first kappa shape index (κ1) is 15.7. The molecular formula is C17H18ClN3O2. The molecule has 5 nitrogen and oxygen atoms in total. The first-order valence-electron chi connectivity index (χ1n) is 7.65. The lowest BCUT2D eigenvalue weighted by Crippen LogP contribution is -2.33. The second-order valence-electron chi connectivity index (χ2n) is 5.89. The maximum atomic E-state index is 10.9. The molecule has 1 aromatic carbocycles. The molecule has 0 N–H and O–H groups in total. The Bertz CT molecular complexity index is 690. The van der Waals surface area contributed by atoms with Crippen LogP contribution in [0.25, 0.3) is 0 Å². The van der Waals surface area contributed by atoms with Crippen molar-refractivity contribution in [1.29, 1.82) is 0 Å². The van der Waals surface area contributed by atoms with Gasteiger partial charge < -0.3 is 4.90 Å². The minimum Gasteiger partial charge on any atom is -0.370 e. The summed E-state index contributed by atoms with van der Waals surface area (Å²) in [6.45, 7) is 3.67. The van der Waals surface area contributed by atoms with Crippen LogP contribution in [0.15, 0.2) is 36.7 Å². The Morgan fingerprint density at radius 2 is 1.91 bits per heavy atom. The fourth-order valence-electron chi connectivity index (χ4n) is 3.30. The third-order valence-corrected chi connectivity index (χ3v) is 4.73. The Hall–Kier alpha value is -2.14. The summed E-state index contributed by atoms with van der Waals surface area (Å²) in [4.78, 5) is 16.8. The average molecular weight is 332 g/mol. The number of hydrogen-bond acceptors (Lipinski definition) is 4. The highest BCUT2D eigenvalue weighted by Gasteiger charge is 2.24. The monoisotopic (exact) mass is 331 g/mol. The molecule has 0 radical (unpaired) electrons. The van der Waals surface area contributed by atoms with Crippen LogP contribution >= 0.6 is 11.6 Å². The standard InChI is InChI=1S/C17H18ClN3O2/c1-12-10-15(21(22)23)11-16(18)17(12)20-8-4-14(5-9-20)13-2-6-19-7-3-13/h2-3,6-7,10-11,14H,4-5,8-9H2,1H3. The normalized spacial score (nSPS) is 15.7. The van der Waals surface area contributed by atoms with Gasteiger partial charge in [0.1, 0.15) is 0 Å². The number of aryl methyl sites for hydroxylation is 1. The molecule has 0 spiro atoms. The van der Waals surface area contributed by atoms with Gasteiger partial charge in [0.2, 0.25) is 0 Å². The molecule has 3 rings (SSSR count). The van der Waals surface area contributed by atoms with E-state index in [0.29, 0.717) is 10.9 Å². The molecule has 2 heterocycles. The van der Waals surface area contributed by atoms with Crippen molar-refractivity contribution in [2.24, 2.45) is 0 Å². The van der Waals surface area contributed by atoms with Crippen LogP contribution in [0.5, 0.6) is 0 Å². The summed E-state index contributed by atoms with van der Waals surface area (Å²) in [5.41, 5.74) is 3.14. The van der Waals surface area contributed by atoms with Crippen molar-refractivity contribution in [3.63, 3.8) is 0 Å². The minimum atomic E-state index is -0.404. The first-order chi connectivity index (χ1) is 11.1. The number of anilines is 1. The molecule has 23 heavy (non-hydrogen) atoms. The number of nitrogens with zero attached hydrogens (tertiary/aromatic N) is 3. The van der Waals surface area contributed by atoms with Crippen molar-refractivity contribution in [3.05, 3.63) is 62.9 Å². The van der Waals surface area contributed by atoms with Crippen LogP contribution in [0.3, 0.4) is 0 Å². The van der Waals surface area contributed by atoms with Gasteiger partial charge in [-0.2, -0.15) is 0 Å². The average Bonchev–Trinajstić information content (AvgIpc) is 2.55. The summed E-state index contributed by atoms with van der Waals surface area (Å²) >= 11 is 6.31. The summed E-state index contributed by atoms with van der Waals surface area (Å²) in [7, 11) is 0. The van der Waals surface area contributed by atoms with E-state index < -0.39 is 4.92 Å². The van der Waals surface area contributed by atoms with Crippen molar-refractivity contribution in [1.82, 2.24) is 4.98 Å². The van der Waals surface area contributed by atoms with E-state index in [4.69, 9.17) is 11.6 Å². The first-order valence-corrected chi connectivity index (χ1v) is 8.03. The largest absolute Gasteiger partial charge is 0.370 e. The number of hydrogen-bond donors (Lipinski definition) is 0. The fourth-order valence-corrected chi connectivity index (χ4v) is 3.68. The fraction of sp³-hybridized carbons (Fsp3) is 0.353. The molecule has 0 atom stereocenters. The van der Waals surface area contributed by atoms with Crippen molar-refractivity contribution < 1.29 is 4.92 Å². The number of piperidine rings is 1. The molecule has 1 fully saturated rings. The van der Waals surface area contributed by atoms with Gasteiger partial charge in [-0.3, -0.25) is 15.1 Å². The van der Waals surface area contributed by atoms with Crippen molar-refractivity contribution >= 4 is 23.0 Å². The molecular weight excluding hydrogens is 314 g/mol. The van der Waals surface area contributed by atoms with E-state index >= 15 is 0 Å². The number of non-ortho nitro benzene ring substituents is 1. The summed E-state index contributed by atoms with van der Waals surface area (Å²) < 4.78 is 0. The Morgan fingerprint density at radius 3 is 2.48 bits per heavy atom. The Morgan fingerprint density at radius 1 is 1.26 bits per heavy atom. The molecule has 1 aliphatic rings. The van der Waals surface area contributed by atoms with E-state index in [2.05, 4.69) is 22.0 Å². The van der Waals surface area contributed by atoms with Crippen LogP contribution in [0, 0.1) is 17.0 Å². The van der Waals surface area contributed by atoms with E-state index in [1.165, 1.54) is 11.6 Å². The van der Waals surface area contributed by atoms with Gasteiger partial charge in [0.15, 0.2) is 0 Å². The minimum absolute atomic E-state index is 0.0444. The molecule has 6 heteroatoms. The highest BCUT2D eigenvalue weighted by molar-refractivity contribution is 6.33. The highest BCUT2D eigenvalue weighted by Crippen LogP contribution is 2.37. The van der Waals surface area contributed by atoms with E-state index in [1.807, 2.05) is 19.3 Å². The molecule has 1 aliphatic heterocycles. The van der Waals surface area contributed by atoms with Gasteiger partial charge in [-0.1, -0.05) is 11.6 Å². The van der Waals surface area contributed by atoms with Crippen LogP contribution in [-0.4, -0.2) is 23.0 Å². The van der Waals surface area contributed by atoms with E-state index in [0.717, 1.165) is 37.2 Å². The van der Waals surface area contributed by atoms with Crippen LogP contribution in [0.2, 0.25) is 5.02 Å². The summed E-state index contributed by atoms with van der Waals surface area (Å²) in [6.07, 6.45) is 5.74.